The van der Waals surface area contributed by atoms with Gasteiger partial charge in [-0.2, -0.15) is 0 Å². The number of amides is 1. The highest BCUT2D eigenvalue weighted by Gasteiger charge is 2.17. The Kier molecular flexibility index (Phi) is 4.20. The van der Waals surface area contributed by atoms with Crippen LogP contribution in [0.15, 0.2) is 42.6 Å². The van der Waals surface area contributed by atoms with Crippen molar-refractivity contribution in [3.8, 4) is 5.88 Å². The van der Waals surface area contributed by atoms with Gasteiger partial charge in [0, 0.05) is 25.5 Å². The fraction of sp³-hybridized carbons (Fsp3) is 0.200. The zero-order valence-electron chi connectivity index (χ0n) is 11.5. The van der Waals surface area contributed by atoms with Crippen LogP contribution >= 0.6 is 0 Å². The summed E-state index contributed by atoms with van der Waals surface area (Å²) in [6, 6.07) is 10.9. The quantitative estimate of drug-likeness (QED) is 0.863. The molecular formula is C15H17N3O2. The molecule has 0 spiro atoms. The fourth-order valence-corrected chi connectivity index (χ4v) is 1.89. The first-order valence-electron chi connectivity index (χ1n) is 6.20. The molecule has 0 aliphatic carbocycles. The second-order valence-corrected chi connectivity index (χ2v) is 4.46. The molecule has 5 heteroatoms. The van der Waals surface area contributed by atoms with E-state index in [9.17, 15) is 4.79 Å². The molecule has 0 atom stereocenters. The summed E-state index contributed by atoms with van der Waals surface area (Å²) in [6.45, 7) is 0.497. The summed E-state index contributed by atoms with van der Waals surface area (Å²) >= 11 is 0. The minimum Gasteiger partial charge on any atom is -0.480 e. The van der Waals surface area contributed by atoms with Crippen LogP contribution < -0.4 is 10.5 Å². The van der Waals surface area contributed by atoms with Crippen molar-refractivity contribution in [2.75, 3.05) is 19.9 Å². The van der Waals surface area contributed by atoms with Gasteiger partial charge in [0.15, 0.2) is 0 Å². The van der Waals surface area contributed by atoms with Crippen LogP contribution in [0.1, 0.15) is 15.9 Å². The second-order valence-electron chi connectivity index (χ2n) is 4.46. The van der Waals surface area contributed by atoms with Crippen molar-refractivity contribution in [3.63, 3.8) is 0 Å². The lowest BCUT2D eigenvalue weighted by atomic mass is 10.2. The number of nitrogen functional groups attached to an aromatic ring is 1. The maximum Gasteiger partial charge on any atom is 0.259 e. The van der Waals surface area contributed by atoms with E-state index in [4.69, 9.17) is 10.5 Å². The van der Waals surface area contributed by atoms with Gasteiger partial charge < -0.3 is 15.4 Å². The van der Waals surface area contributed by atoms with Crippen LogP contribution in [0.2, 0.25) is 0 Å². The number of nitrogens with zero attached hydrogens (tertiary/aromatic N) is 2. The van der Waals surface area contributed by atoms with E-state index in [0.717, 1.165) is 5.56 Å². The molecule has 0 saturated carbocycles. The van der Waals surface area contributed by atoms with E-state index in [-0.39, 0.29) is 5.91 Å². The average molecular weight is 271 g/mol. The van der Waals surface area contributed by atoms with Gasteiger partial charge in [-0.15, -0.1) is 0 Å². The molecule has 1 aromatic carbocycles. The van der Waals surface area contributed by atoms with Gasteiger partial charge in [0.1, 0.15) is 5.56 Å². The Balaban J connectivity index is 2.14. The summed E-state index contributed by atoms with van der Waals surface area (Å²) < 4.78 is 5.11. The number of hydrogen-bond acceptors (Lipinski definition) is 4. The minimum atomic E-state index is -0.133. The monoisotopic (exact) mass is 271 g/mol. The maximum absolute atomic E-state index is 12.4. The maximum atomic E-state index is 12.4. The second kappa shape index (κ2) is 6.06. The Morgan fingerprint density at radius 3 is 2.65 bits per heavy atom. The number of rotatable bonds is 4. The largest absolute Gasteiger partial charge is 0.480 e. The van der Waals surface area contributed by atoms with Gasteiger partial charge in [0.25, 0.3) is 5.91 Å². The number of hydrogen-bond donors (Lipinski definition) is 1. The molecule has 1 aromatic heterocycles. The van der Waals surface area contributed by atoms with Crippen LogP contribution in [0.25, 0.3) is 0 Å². The highest BCUT2D eigenvalue weighted by molar-refractivity contribution is 5.96. The van der Waals surface area contributed by atoms with Crippen LogP contribution in [0.3, 0.4) is 0 Å². The number of nitrogens with two attached hydrogens (primary N) is 1. The molecule has 0 saturated heterocycles. The third-order valence-corrected chi connectivity index (χ3v) is 2.94. The fourth-order valence-electron chi connectivity index (χ4n) is 1.89. The topological polar surface area (TPSA) is 68.5 Å². The van der Waals surface area contributed by atoms with Crippen LogP contribution in [0.5, 0.6) is 5.88 Å². The normalized spacial score (nSPS) is 10.1. The number of methoxy groups -OCH3 is 1. The lowest BCUT2D eigenvalue weighted by molar-refractivity contribution is 0.0781. The third-order valence-electron chi connectivity index (χ3n) is 2.94. The summed E-state index contributed by atoms with van der Waals surface area (Å²) in [5.41, 5.74) is 7.81. The lowest BCUT2D eigenvalue weighted by Crippen LogP contribution is -2.26. The molecule has 0 bridgehead atoms. The molecule has 1 amide bonds. The van der Waals surface area contributed by atoms with E-state index >= 15 is 0 Å². The molecule has 5 nitrogen and oxygen atoms in total. The molecule has 1 heterocycles. The molecular weight excluding hydrogens is 254 g/mol. The Morgan fingerprint density at radius 1 is 1.30 bits per heavy atom. The van der Waals surface area contributed by atoms with Crippen molar-refractivity contribution in [2.24, 2.45) is 0 Å². The number of carbonyl (C=O) groups is 1. The van der Waals surface area contributed by atoms with E-state index < -0.39 is 0 Å². The predicted octanol–water partition coefficient (Wildman–Crippen LogP) is 1.94. The molecule has 0 aliphatic rings. The van der Waals surface area contributed by atoms with Crippen LogP contribution in [0, 0.1) is 0 Å². The highest BCUT2D eigenvalue weighted by atomic mass is 16.5. The van der Waals surface area contributed by atoms with E-state index in [1.807, 2.05) is 24.3 Å². The number of aromatic nitrogens is 1. The first-order chi connectivity index (χ1) is 9.61. The summed E-state index contributed by atoms with van der Waals surface area (Å²) in [7, 11) is 3.24. The number of carbonyl (C=O) groups excluding carboxylic acids is 1. The molecule has 20 heavy (non-hydrogen) atoms. The summed E-state index contributed by atoms with van der Waals surface area (Å²) in [6.07, 6.45) is 1.59. The molecule has 0 radical (unpaired) electrons. The average Bonchev–Trinajstić information content (AvgIpc) is 2.48. The molecule has 0 unspecified atom stereocenters. The van der Waals surface area contributed by atoms with E-state index in [0.29, 0.717) is 23.7 Å². The Bertz CT molecular complexity index is 596. The van der Waals surface area contributed by atoms with Gasteiger partial charge >= 0.3 is 0 Å². The first-order valence-corrected chi connectivity index (χ1v) is 6.20. The first kappa shape index (κ1) is 13.9. The molecule has 2 N–H and O–H groups in total. The molecule has 0 fully saturated rings. The number of pyridine rings is 1. The summed E-state index contributed by atoms with van der Waals surface area (Å²) in [5.74, 6) is 0.202. The van der Waals surface area contributed by atoms with Gasteiger partial charge in [-0.05, 0) is 29.8 Å². The molecule has 2 aromatic rings. The van der Waals surface area contributed by atoms with Crippen molar-refractivity contribution in [2.45, 2.75) is 6.54 Å². The van der Waals surface area contributed by atoms with Crippen LogP contribution in [-0.4, -0.2) is 29.9 Å². The summed E-state index contributed by atoms with van der Waals surface area (Å²) in [4.78, 5) is 18.0. The minimum absolute atomic E-state index is 0.133. The zero-order valence-corrected chi connectivity index (χ0v) is 11.5. The third kappa shape index (κ3) is 3.06. The van der Waals surface area contributed by atoms with E-state index in [2.05, 4.69) is 4.98 Å². The van der Waals surface area contributed by atoms with Gasteiger partial charge in [-0.1, -0.05) is 12.1 Å². The molecule has 104 valence electrons. The number of benzene rings is 1. The Hall–Kier alpha value is -2.56. The van der Waals surface area contributed by atoms with Gasteiger partial charge in [0.2, 0.25) is 5.88 Å². The highest BCUT2D eigenvalue weighted by Crippen LogP contribution is 2.17. The molecule has 0 aliphatic heterocycles. The van der Waals surface area contributed by atoms with Crippen LogP contribution in [-0.2, 0) is 6.54 Å². The van der Waals surface area contributed by atoms with Gasteiger partial charge in [-0.25, -0.2) is 4.98 Å². The van der Waals surface area contributed by atoms with E-state index in [1.165, 1.54) is 7.11 Å². The van der Waals surface area contributed by atoms with Crippen molar-refractivity contribution < 1.29 is 9.53 Å². The standard InChI is InChI=1S/C15H17N3O2/c1-18(10-11-5-7-12(16)8-6-11)15(19)13-4-3-9-17-14(13)20-2/h3-9H,10,16H2,1-2H3. The van der Waals surface area contributed by atoms with Crippen molar-refractivity contribution in [1.29, 1.82) is 0 Å². The zero-order chi connectivity index (χ0) is 14.5. The number of anilines is 1. The number of ether oxygens (including phenoxy) is 1. The molecule has 2 rings (SSSR count). The Labute approximate surface area is 118 Å². The predicted molar refractivity (Wildman–Crippen MR) is 77.4 cm³/mol. The Morgan fingerprint density at radius 2 is 2.00 bits per heavy atom. The smallest absolute Gasteiger partial charge is 0.259 e. The SMILES string of the molecule is COc1ncccc1C(=O)N(C)Cc1ccc(N)cc1. The van der Waals surface area contributed by atoms with Gasteiger partial charge in [0.05, 0.1) is 7.11 Å². The van der Waals surface area contributed by atoms with Crippen LogP contribution in [0.4, 0.5) is 5.69 Å². The van der Waals surface area contributed by atoms with Crippen molar-refractivity contribution in [1.82, 2.24) is 9.88 Å². The van der Waals surface area contributed by atoms with Crippen molar-refractivity contribution >= 4 is 11.6 Å². The van der Waals surface area contributed by atoms with Gasteiger partial charge in [-0.3, -0.25) is 4.79 Å². The summed E-state index contributed by atoms with van der Waals surface area (Å²) in [5, 5.41) is 0. The van der Waals surface area contributed by atoms with E-state index in [1.54, 1.807) is 30.3 Å². The lowest BCUT2D eigenvalue weighted by Gasteiger charge is -2.18. The van der Waals surface area contributed by atoms with Crippen molar-refractivity contribution in [3.05, 3.63) is 53.7 Å².